The number of allylic oxidation sites excluding steroid dienone is 1. The molecule has 0 atom stereocenters. The summed E-state index contributed by atoms with van der Waals surface area (Å²) in [7, 11) is 0. The van der Waals surface area contributed by atoms with Crippen LogP contribution in [0.4, 0.5) is 13.2 Å². The summed E-state index contributed by atoms with van der Waals surface area (Å²) in [6, 6.07) is 0. The Morgan fingerprint density at radius 3 is 2.14 bits per heavy atom. The van der Waals surface area contributed by atoms with E-state index in [-0.39, 0.29) is 0 Å². The van der Waals surface area contributed by atoms with E-state index >= 15 is 0 Å². The van der Waals surface area contributed by atoms with Crippen LogP contribution in [0.5, 0.6) is 0 Å². The molecule has 0 nitrogen and oxygen atoms in total. The van der Waals surface area contributed by atoms with Gasteiger partial charge < -0.3 is 0 Å². The first-order valence-corrected chi connectivity index (χ1v) is 4.79. The van der Waals surface area contributed by atoms with E-state index in [1.54, 1.807) is 0 Å². The fourth-order valence-corrected chi connectivity index (χ4v) is 1.94. The van der Waals surface area contributed by atoms with Gasteiger partial charge in [0, 0.05) is 12.3 Å². The zero-order chi connectivity index (χ0) is 10.6. The third kappa shape index (κ3) is 2.80. The molecule has 0 bridgehead atoms. The molecule has 1 aliphatic rings. The summed E-state index contributed by atoms with van der Waals surface area (Å²) in [5.74, 6) is 1.15. The zero-order valence-corrected chi connectivity index (χ0v) is 7.90. The van der Waals surface area contributed by atoms with Crippen molar-refractivity contribution in [2.24, 2.45) is 11.8 Å². The van der Waals surface area contributed by atoms with Crippen LogP contribution in [0.25, 0.3) is 0 Å². The summed E-state index contributed by atoms with van der Waals surface area (Å²) in [6.07, 6.45) is 6.17. The van der Waals surface area contributed by atoms with E-state index in [1.807, 2.05) is 0 Å². The molecule has 1 aliphatic carbocycles. The van der Waals surface area contributed by atoms with Gasteiger partial charge in [-0.15, -0.1) is 12.3 Å². The van der Waals surface area contributed by atoms with Crippen LogP contribution in [0, 0.1) is 24.2 Å². The van der Waals surface area contributed by atoms with Gasteiger partial charge in [0.2, 0.25) is 0 Å². The van der Waals surface area contributed by atoms with Crippen molar-refractivity contribution in [3.8, 4) is 12.3 Å². The van der Waals surface area contributed by atoms with Crippen LogP contribution in [0.3, 0.4) is 0 Å². The van der Waals surface area contributed by atoms with Crippen LogP contribution in [-0.2, 0) is 0 Å². The van der Waals surface area contributed by atoms with Gasteiger partial charge in [-0.2, -0.15) is 8.78 Å². The van der Waals surface area contributed by atoms with Crippen molar-refractivity contribution in [3.05, 3.63) is 11.9 Å². The molecule has 0 aliphatic heterocycles. The quantitative estimate of drug-likeness (QED) is 0.596. The van der Waals surface area contributed by atoms with Crippen molar-refractivity contribution >= 4 is 0 Å². The lowest BCUT2D eigenvalue weighted by atomic mass is 9.80. The summed E-state index contributed by atoms with van der Waals surface area (Å²) in [5.41, 5.74) is 0. The summed E-state index contributed by atoms with van der Waals surface area (Å²) < 4.78 is 36.7. The van der Waals surface area contributed by atoms with Crippen molar-refractivity contribution in [1.29, 1.82) is 0 Å². The highest BCUT2D eigenvalue weighted by molar-refractivity contribution is 5.00. The van der Waals surface area contributed by atoms with Crippen molar-refractivity contribution < 1.29 is 13.2 Å². The van der Waals surface area contributed by atoms with Crippen molar-refractivity contribution in [3.63, 3.8) is 0 Å². The van der Waals surface area contributed by atoms with E-state index < -0.39 is 17.8 Å². The molecule has 14 heavy (non-hydrogen) atoms. The first-order chi connectivity index (χ1) is 6.65. The second kappa shape index (κ2) is 5.09. The fourth-order valence-electron chi connectivity index (χ4n) is 1.94. The number of hydrogen-bond donors (Lipinski definition) is 0. The molecule has 0 spiro atoms. The third-order valence-electron chi connectivity index (χ3n) is 2.79. The molecule has 0 aromatic rings. The Hall–Kier alpha value is -0.910. The van der Waals surface area contributed by atoms with E-state index in [1.165, 1.54) is 0 Å². The van der Waals surface area contributed by atoms with Gasteiger partial charge >= 0.3 is 6.08 Å². The molecule has 0 heterocycles. The molecule has 1 fully saturated rings. The minimum atomic E-state index is -2.16. The molecule has 0 N–H and O–H groups in total. The van der Waals surface area contributed by atoms with Crippen molar-refractivity contribution in [2.75, 3.05) is 0 Å². The average molecular weight is 202 g/mol. The molecule has 78 valence electrons. The topological polar surface area (TPSA) is 0 Å². The van der Waals surface area contributed by atoms with Crippen molar-refractivity contribution in [1.82, 2.24) is 0 Å². The Labute approximate surface area is 82.2 Å². The van der Waals surface area contributed by atoms with Gasteiger partial charge in [-0.1, -0.05) is 0 Å². The highest BCUT2D eigenvalue weighted by atomic mass is 19.3. The molecule has 0 amide bonds. The zero-order valence-electron chi connectivity index (χ0n) is 7.90. The smallest absolute Gasteiger partial charge is 0.206 e. The Bertz CT molecular complexity index is 250. The van der Waals surface area contributed by atoms with Gasteiger partial charge in [0.15, 0.2) is 5.83 Å². The predicted molar refractivity (Wildman–Crippen MR) is 49.2 cm³/mol. The second-order valence-electron chi connectivity index (χ2n) is 3.73. The van der Waals surface area contributed by atoms with Gasteiger partial charge in [-0.3, -0.25) is 0 Å². The molecular weight excluding hydrogens is 189 g/mol. The maximum atomic E-state index is 12.8. The minimum Gasteiger partial charge on any atom is -0.206 e. The van der Waals surface area contributed by atoms with Crippen LogP contribution in [-0.4, -0.2) is 0 Å². The highest BCUT2D eigenvalue weighted by Gasteiger charge is 2.26. The van der Waals surface area contributed by atoms with E-state index in [0.717, 1.165) is 12.8 Å². The lowest BCUT2D eigenvalue weighted by molar-refractivity contribution is 0.254. The second-order valence-corrected chi connectivity index (χ2v) is 3.73. The van der Waals surface area contributed by atoms with Gasteiger partial charge in [-0.05, 0) is 31.6 Å². The Kier molecular flexibility index (Phi) is 4.06. The lowest BCUT2D eigenvalue weighted by Gasteiger charge is -2.25. The molecule has 0 saturated heterocycles. The minimum absolute atomic E-state index is 0.395. The Balaban J connectivity index is 2.44. The largest absolute Gasteiger partial charge is 0.301 e. The predicted octanol–water partition coefficient (Wildman–Crippen LogP) is 3.89. The first-order valence-electron chi connectivity index (χ1n) is 4.79. The summed E-state index contributed by atoms with van der Waals surface area (Å²) >= 11 is 0. The summed E-state index contributed by atoms with van der Waals surface area (Å²) in [6.45, 7) is 0. The van der Waals surface area contributed by atoms with Crippen LogP contribution in [0.2, 0.25) is 0 Å². The Morgan fingerprint density at radius 1 is 1.14 bits per heavy atom. The van der Waals surface area contributed by atoms with Gasteiger partial charge in [0.25, 0.3) is 0 Å². The summed E-state index contributed by atoms with van der Waals surface area (Å²) in [5, 5.41) is 0. The monoisotopic (exact) mass is 202 g/mol. The lowest BCUT2D eigenvalue weighted by Crippen LogP contribution is -2.15. The van der Waals surface area contributed by atoms with Crippen LogP contribution in [0.15, 0.2) is 11.9 Å². The standard InChI is InChI=1S/C11H13F3/c1-2-3-8-4-6-9(7-5-8)10(12)11(13)14/h1,8-9H,3-7H2. The van der Waals surface area contributed by atoms with Crippen LogP contribution < -0.4 is 0 Å². The van der Waals surface area contributed by atoms with Crippen molar-refractivity contribution in [2.45, 2.75) is 32.1 Å². The number of terminal acetylenes is 1. The first kappa shape index (κ1) is 11.2. The highest BCUT2D eigenvalue weighted by Crippen LogP contribution is 2.36. The SMILES string of the molecule is C#CCC1CCC(C(F)=C(F)F)CC1. The molecular formula is C11H13F3. The third-order valence-corrected chi connectivity index (χ3v) is 2.79. The number of hydrogen-bond acceptors (Lipinski definition) is 0. The van der Waals surface area contributed by atoms with Gasteiger partial charge in [0.05, 0.1) is 0 Å². The summed E-state index contributed by atoms with van der Waals surface area (Å²) in [4.78, 5) is 0. The van der Waals surface area contributed by atoms with E-state index in [4.69, 9.17) is 6.42 Å². The van der Waals surface area contributed by atoms with E-state index in [2.05, 4.69) is 5.92 Å². The maximum absolute atomic E-state index is 12.8. The normalized spacial score (nSPS) is 26.7. The molecule has 0 radical (unpaired) electrons. The van der Waals surface area contributed by atoms with E-state index in [0.29, 0.717) is 25.2 Å². The maximum Gasteiger partial charge on any atom is 0.301 e. The molecule has 0 aromatic heterocycles. The number of rotatable bonds is 2. The molecule has 1 rings (SSSR count). The van der Waals surface area contributed by atoms with Crippen LogP contribution in [0.1, 0.15) is 32.1 Å². The number of halogens is 3. The van der Waals surface area contributed by atoms with Crippen LogP contribution >= 0.6 is 0 Å². The van der Waals surface area contributed by atoms with Gasteiger partial charge in [0.1, 0.15) is 0 Å². The molecule has 0 aromatic carbocycles. The van der Waals surface area contributed by atoms with E-state index in [9.17, 15) is 13.2 Å². The fraction of sp³-hybridized carbons (Fsp3) is 0.636. The Morgan fingerprint density at radius 2 is 1.71 bits per heavy atom. The average Bonchev–Trinajstić information content (AvgIpc) is 2.18. The van der Waals surface area contributed by atoms with Gasteiger partial charge in [-0.25, -0.2) is 4.39 Å². The molecule has 0 unspecified atom stereocenters. The molecule has 1 saturated carbocycles. The molecule has 3 heteroatoms.